The normalized spacial score (nSPS) is 12.7. The number of amides is 2. The van der Waals surface area contributed by atoms with Crippen LogP contribution in [0.1, 0.15) is 56.0 Å². The Labute approximate surface area is 151 Å². The van der Waals surface area contributed by atoms with Crippen LogP contribution in [0.2, 0.25) is 0 Å². The van der Waals surface area contributed by atoms with Crippen LogP contribution < -0.4 is 16.4 Å². The Hall–Kier alpha value is -1.59. The van der Waals surface area contributed by atoms with Gasteiger partial charge in [-0.25, -0.2) is 0 Å². The average molecular weight is 356 g/mol. The van der Waals surface area contributed by atoms with Crippen LogP contribution in [0.4, 0.5) is 0 Å². The zero-order chi connectivity index (χ0) is 17.2. The van der Waals surface area contributed by atoms with E-state index < -0.39 is 6.04 Å². The standard InChI is InChI=1S/C18H29N3O2.ClH/c1-4-6-11-20-17(22)15-9-7-14(8-10-15)12-21-18(23)16(19)13(3)5-2;/h7-10,13,16H,4-6,11-12,19H2,1-3H3,(H,20,22)(H,21,23);1H. The molecule has 0 aliphatic carbocycles. The number of hydrogen-bond acceptors (Lipinski definition) is 3. The first-order chi connectivity index (χ1) is 11.0. The summed E-state index contributed by atoms with van der Waals surface area (Å²) < 4.78 is 0. The third-order valence-corrected chi connectivity index (χ3v) is 4.06. The molecular weight excluding hydrogens is 326 g/mol. The highest BCUT2D eigenvalue weighted by molar-refractivity contribution is 5.94. The predicted octanol–water partition coefficient (Wildman–Crippen LogP) is 2.63. The van der Waals surface area contributed by atoms with Gasteiger partial charge in [0.05, 0.1) is 6.04 Å². The lowest BCUT2D eigenvalue weighted by Crippen LogP contribution is -2.44. The van der Waals surface area contributed by atoms with Crippen LogP contribution in [0.15, 0.2) is 24.3 Å². The fourth-order valence-electron chi connectivity index (χ4n) is 2.07. The Morgan fingerprint density at radius 3 is 2.29 bits per heavy atom. The van der Waals surface area contributed by atoms with Gasteiger partial charge in [-0.1, -0.05) is 45.7 Å². The second-order valence-electron chi connectivity index (χ2n) is 5.94. The lowest BCUT2D eigenvalue weighted by Gasteiger charge is -2.17. The zero-order valence-electron chi connectivity index (χ0n) is 14.8. The van der Waals surface area contributed by atoms with Gasteiger partial charge in [-0.2, -0.15) is 0 Å². The maximum absolute atomic E-state index is 11.9. The molecule has 0 heterocycles. The number of halogens is 1. The Bertz CT molecular complexity index is 505. The first kappa shape index (κ1) is 22.4. The minimum absolute atomic E-state index is 0. The Morgan fingerprint density at radius 1 is 1.12 bits per heavy atom. The summed E-state index contributed by atoms with van der Waals surface area (Å²) in [6.07, 6.45) is 2.90. The first-order valence-corrected chi connectivity index (χ1v) is 8.40. The lowest BCUT2D eigenvalue weighted by atomic mass is 9.99. The maximum atomic E-state index is 11.9. The molecule has 0 radical (unpaired) electrons. The molecule has 1 aromatic rings. The molecule has 0 aliphatic heterocycles. The quantitative estimate of drug-likeness (QED) is 0.595. The molecule has 24 heavy (non-hydrogen) atoms. The summed E-state index contributed by atoms with van der Waals surface area (Å²) in [4.78, 5) is 23.8. The number of rotatable bonds is 9. The molecule has 2 unspecified atom stereocenters. The molecule has 4 N–H and O–H groups in total. The third-order valence-electron chi connectivity index (χ3n) is 4.06. The zero-order valence-corrected chi connectivity index (χ0v) is 15.6. The van der Waals surface area contributed by atoms with Crippen LogP contribution in [-0.4, -0.2) is 24.4 Å². The van der Waals surface area contributed by atoms with Gasteiger partial charge in [0.2, 0.25) is 5.91 Å². The number of benzene rings is 1. The van der Waals surface area contributed by atoms with Crippen LogP contribution in [0, 0.1) is 5.92 Å². The SMILES string of the molecule is CCCCNC(=O)c1ccc(CNC(=O)C(N)C(C)CC)cc1.Cl. The summed E-state index contributed by atoms with van der Waals surface area (Å²) in [6, 6.07) is 6.77. The van der Waals surface area contributed by atoms with E-state index in [9.17, 15) is 9.59 Å². The molecule has 136 valence electrons. The lowest BCUT2D eigenvalue weighted by molar-refractivity contribution is -0.123. The minimum atomic E-state index is -0.483. The van der Waals surface area contributed by atoms with E-state index >= 15 is 0 Å². The second kappa shape index (κ2) is 11.9. The van der Waals surface area contributed by atoms with Crippen molar-refractivity contribution in [1.29, 1.82) is 0 Å². The van der Waals surface area contributed by atoms with E-state index in [1.165, 1.54) is 0 Å². The fourth-order valence-corrected chi connectivity index (χ4v) is 2.07. The van der Waals surface area contributed by atoms with E-state index in [4.69, 9.17) is 5.73 Å². The van der Waals surface area contributed by atoms with Crippen LogP contribution >= 0.6 is 12.4 Å². The van der Waals surface area contributed by atoms with Crippen molar-refractivity contribution in [2.75, 3.05) is 6.54 Å². The van der Waals surface area contributed by atoms with Crippen LogP contribution in [0.25, 0.3) is 0 Å². The third kappa shape index (κ3) is 7.32. The van der Waals surface area contributed by atoms with Crippen molar-refractivity contribution in [3.8, 4) is 0 Å². The van der Waals surface area contributed by atoms with Crippen LogP contribution in [-0.2, 0) is 11.3 Å². The Morgan fingerprint density at radius 2 is 1.75 bits per heavy atom. The van der Waals surface area contributed by atoms with E-state index in [2.05, 4.69) is 17.6 Å². The molecule has 0 saturated heterocycles. The van der Waals surface area contributed by atoms with Crippen LogP contribution in [0.5, 0.6) is 0 Å². The van der Waals surface area contributed by atoms with Gasteiger partial charge < -0.3 is 16.4 Å². The molecular formula is C18H30ClN3O2. The van der Waals surface area contributed by atoms with Gasteiger partial charge in [-0.15, -0.1) is 12.4 Å². The summed E-state index contributed by atoms with van der Waals surface area (Å²) in [5.41, 5.74) is 7.47. The van der Waals surface area contributed by atoms with Gasteiger partial charge in [0, 0.05) is 18.7 Å². The van der Waals surface area contributed by atoms with E-state index in [1.54, 1.807) is 12.1 Å². The Kier molecular flexibility index (Phi) is 11.1. The number of nitrogens with one attached hydrogen (secondary N) is 2. The molecule has 0 bridgehead atoms. The van der Waals surface area contributed by atoms with Crippen molar-refractivity contribution in [3.05, 3.63) is 35.4 Å². The predicted molar refractivity (Wildman–Crippen MR) is 100 cm³/mol. The molecule has 2 amide bonds. The highest BCUT2D eigenvalue weighted by atomic mass is 35.5. The van der Waals surface area contributed by atoms with Gasteiger partial charge in [0.25, 0.3) is 5.91 Å². The number of nitrogens with two attached hydrogens (primary N) is 1. The Balaban J connectivity index is 0.00000529. The van der Waals surface area contributed by atoms with Crippen molar-refractivity contribution >= 4 is 24.2 Å². The highest BCUT2D eigenvalue weighted by Crippen LogP contribution is 2.07. The van der Waals surface area contributed by atoms with Gasteiger partial charge in [0.15, 0.2) is 0 Å². The van der Waals surface area contributed by atoms with Crippen molar-refractivity contribution in [1.82, 2.24) is 10.6 Å². The molecule has 5 nitrogen and oxygen atoms in total. The summed E-state index contributed by atoms with van der Waals surface area (Å²) in [5, 5.41) is 5.72. The first-order valence-electron chi connectivity index (χ1n) is 8.40. The number of carbonyl (C=O) groups excluding carboxylic acids is 2. The van der Waals surface area contributed by atoms with Crippen molar-refractivity contribution in [3.63, 3.8) is 0 Å². The van der Waals surface area contributed by atoms with Gasteiger partial charge >= 0.3 is 0 Å². The minimum Gasteiger partial charge on any atom is -0.352 e. The topological polar surface area (TPSA) is 84.2 Å². The monoisotopic (exact) mass is 355 g/mol. The average Bonchev–Trinajstić information content (AvgIpc) is 2.58. The molecule has 1 aromatic carbocycles. The van der Waals surface area contributed by atoms with Crippen LogP contribution in [0.3, 0.4) is 0 Å². The smallest absolute Gasteiger partial charge is 0.251 e. The number of hydrogen-bond donors (Lipinski definition) is 3. The molecule has 0 aliphatic rings. The van der Waals surface area contributed by atoms with E-state index in [-0.39, 0.29) is 30.1 Å². The molecule has 0 saturated carbocycles. The van der Waals surface area contributed by atoms with Gasteiger partial charge in [-0.05, 0) is 30.0 Å². The van der Waals surface area contributed by atoms with Crippen molar-refractivity contribution in [2.24, 2.45) is 11.7 Å². The number of unbranched alkanes of at least 4 members (excludes halogenated alkanes) is 1. The summed E-state index contributed by atoms with van der Waals surface area (Å²) in [5.74, 6) is -0.0437. The summed E-state index contributed by atoms with van der Waals surface area (Å²) >= 11 is 0. The number of carbonyl (C=O) groups is 2. The fraction of sp³-hybridized carbons (Fsp3) is 0.556. The van der Waals surface area contributed by atoms with Gasteiger partial charge in [0.1, 0.15) is 0 Å². The molecule has 2 atom stereocenters. The van der Waals surface area contributed by atoms with Crippen molar-refractivity contribution < 1.29 is 9.59 Å². The highest BCUT2D eigenvalue weighted by Gasteiger charge is 2.18. The van der Waals surface area contributed by atoms with E-state index in [0.29, 0.717) is 18.7 Å². The molecule has 1 rings (SSSR count). The van der Waals surface area contributed by atoms with Gasteiger partial charge in [-0.3, -0.25) is 9.59 Å². The molecule has 0 aromatic heterocycles. The van der Waals surface area contributed by atoms with E-state index in [0.717, 1.165) is 24.8 Å². The maximum Gasteiger partial charge on any atom is 0.251 e. The summed E-state index contributed by atoms with van der Waals surface area (Å²) in [6.45, 7) is 7.18. The molecule has 0 fully saturated rings. The van der Waals surface area contributed by atoms with Crippen molar-refractivity contribution in [2.45, 2.75) is 52.6 Å². The molecule has 0 spiro atoms. The second-order valence-corrected chi connectivity index (χ2v) is 5.94. The molecule has 6 heteroatoms. The summed E-state index contributed by atoms with van der Waals surface area (Å²) in [7, 11) is 0. The van der Waals surface area contributed by atoms with E-state index in [1.807, 2.05) is 26.0 Å². The largest absolute Gasteiger partial charge is 0.352 e.